The van der Waals surface area contributed by atoms with Crippen LogP contribution < -0.4 is 82.1 Å². The van der Waals surface area contributed by atoms with E-state index >= 15 is 0 Å². The highest BCUT2D eigenvalue weighted by atomic mass is 35.5. The molecule has 0 fully saturated rings. The summed E-state index contributed by atoms with van der Waals surface area (Å²) in [5.74, 6) is 0.854. The number of aromatic nitrogens is 8. The highest BCUT2D eigenvalue weighted by Gasteiger charge is 2.32. The molecule has 0 saturated carbocycles. The SMILES string of the molecule is COc1cccc(OC)c1-c1cc(C(=O)N[C@H](CC(N)=O)CC(C)C)nn1-c1ccc(C)cc1.COc1cccc(OC)c1-c1cc(C(=O)N[C@H](CC(N)=O)CC(C)C)nn1-c1ccc(Cl)cc1.COc1cccc(OC)c1-c1cc(C(=O)N[C@H](CC(N)=O)CC(C)C)nn1-c1ccc(F)cc1.COc1cccc(OC)c1-c1cc(C(=O)N[C@H](CC(N)=O)CC(C)C)nn1-c1cccc(F)c1. The van der Waals surface area contributed by atoms with Crippen molar-refractivity contribution in [2.45, 2.75) is 138 Å². The molecule has 4 aromatic heterocycles. The average molecular weight is 1890 g/mol. The molecule has 12 N–H and O–H groups in total. The van der Waals surface area contributed by atoms with Gasteiger partial charge in [0.1, 0.15) is 57.6 Å². The summed E-state index contributed by atoms with van der Waals surface area (Å²) in [7, 11) is 12.4. The minimum atomic E-state index is -0.504. The van der Waals surface area contributed by atoms with Gasteiger partial charge in [0.05, 0.1) is 125 Å². The number of nitrogens with one attached hydrogen (secondary N) is 4. The summed E-state index contributed by atoms with van der Waals surface area (Å²) in [6, 6.07) is 53.0. The Bertz CT molecular complexity index is 5590. The Morgan fingerprint density at radius 3 is 0.750 bits per heavy atom. The lowest BCUT2D eigenvalue weighted by molar-refractivity contribution is -0.119. The molecule has 0 aliphatic rings. The van der Waals surface area contributed by atoms with Crippen LogP contribution in [-0.2, 0) is 19.2 Å². The van der Waals surface area contributed by atoms with E-state index in [9.17, 15) is 47.1 Å². The number of rotatable bonds is 40. The van der Waals surface area contributed by atoms with E-state index in [0.717, 1.165) is 11.3 Å². The Kier molecular flexibility index (Phi) is 38.1. The number of benzene rings is 8. The van der Waals surface area contributed by atoms with Crippen LogP contribution in [0.25, 0.3) is 67.8 Å². The molecule has 0 saturated heterocycles. The fourth-order valence-corrected chi connectivity index (χ4v) is 15.5. The van der Waals surface area contributed by atoms with Gasteiger partial charge in [-0.3, -0.25) is 38.4 Å². The molecular weight excluding hydrogens is 1770 g/mol. The van der Waals surface area contributed by atoms with Crippen LogP contribution in [-0.4, -0.2) is 167 Å². The number of methoxy groups -OCH3 is 8. The number of ether oxygens (including phenoxy) is 8. The molecule has 0 radical (unpaired) electrons. The summed E-state index contributed by atoms with van der Waals surface area (Å²) >= 11 is 6.08. The molecular formula is C101H119ClF2N16O16. The summed E-state index contributed by atoms with van der Waals surface area (Å²) < 4.78 is 78.4. The molecule has 0 aliphatic carbocycles. The number of nitrogens with zero attached hydrogens (tertiary/aromatic N) is 8. The minimum Gasteiger partial charge on any atom is -0.496 e. The van der Waals surface area contributed by atoms with Crippen LogP contribution in [0.3, 0.4) is 0 Å². The van der Waals surface area contributed by atoms with Gasteiger partial charge in [0.15, 0.2) is 22.8 Å². The Balaban J connectivity index is 0.000000203. The van der Waals surface area contributed by atoms with Gasteiger partial charge in [-0.25, -0.2) is 27.5 Å². The normalized spacial score (nSPS) is 11.8. The maximum atomic E-state index is 14.0. The molecule has 12 aromatic rings. The summed E-state index contributed by atoms with van der Waals surface area (Å²) in [6.07, 6.45) is 2.55. The van der Waals surface area contributed by atoms with Crippen molar-refractivity contribution in [3.05, 3.63) is 239 Å². The smallest absolute Gasteiger partial charge is 0.272 e. The molecule has 136 heavy (non-hydrogen) atoms. The zero-order valence-corrected chi connectivity index (χ0v) is 80.1. The molecule has 0 bridgehead atoms. The van der Waals surface area contributed by atoms with Gasteiger partial charge in [-0.2, -0.15) is 20.4 Å². The molecule has 0 aliphatic heterocycles. The first-order valence-corrected chi connectivity index (χ1v) is 44.3. The summed E-state index contributed by atoms with van der Waals surface area (Å²) in [4.78, 5) is 98.7. The van der Waals surface area contributed by atoms with Crippen LogP contribution in [0.2, 0.25) is 5.02 Å². The standard InChI is InChI=1S/C26H32N4O4.C25H29ClN4O4.2C25H29FN4O4/c1-16(2)13-18(14-24(27)31)28-26(32)20-15-21(25-22(33-4)7-6-8-23(25)34-5)30(29-20)19-11-9-17(3)10-12-19;1-15(2)12-17(13-23(27)31)28-25(32)19-14-20(24-21(33-3)6-5-7-22(24)34-4)30(29-19)18-10-8-16(26)9-11-18;1-15(2)11-17(13-23(27)31)28-25(32)19-14-20(24-21(33-3)9-6-10-22(24)34-4)30(29-19)18-8-5-7-16(26)12-18;1-15(2)12-17(13-23(27)31)28-25(32)19-14-20(24-21(33-3)6-5-7-22(24)34-4)30(29-19)18-10-8-16(26)9-11-18/h6-12,15-16,18H,13-14H2,1-5H3,(H2,27,31)(H,28,32);5-11,14-15,17H,12-13H2,1-4H3,(H2,27,31)(H,28,32);5-10,12,14-15,17H,11,13H2,1-4H3,(H2,27,31)(H,28,32);5-11,14-15,17H,12-13H2,1-4H3,(H2,27,31)(H,28,32)/t18-;3*17-/m0000/s1. The van der Waals surface area contributed by atoms with Crippen molar-refractivity contribution in [1.82, 2.24) is 60.4 Å². The largest absolute Gasteiger partial charge is 0.496 e. The van der Waals surface area contributed by atoms with Crippen molar-refractivity contribution in [2.75, 3.05) is 56.9 Å². The molecule has 35 heteroatoms. The molecule has 0 unspecified atom stereocenters. The van der Waals surface area contributed by atoms with Crippen LogP contribution in [0.5, 0.6) is 46.0 Å². The summed E-state index contributed by atoms with van der Waals surface area (Å²) in [5, 5.41) is 30.3. The van der Waals surface area contributed by atoms with Crippen LogP contribution in [0.4, 0.5) is 8.78 Å². The maximum Gasteiger partial charge on any atom is 0.272 e. The van der Waals surface area contributed by atoms with E-state index in [1.807, 2.05) is 123 Å². The third-order valence-corrected chi connectivity index (χ3v) is 21.4. The molecule has 12 rings (SSSR count). The quantitative estimate of drug-likeness (QED) is 0.0177. The van der Waals surface area contributed by atoms with E-state index in [1.165, 1.54) is 62.1 Å². The Hall–Kier alpha value is -15.1. The zero-order chi connectivity index (χ0) is 99.3. The Labute approximate surface area is 794 Å². The summed E-state index contributed by atoms with van der Waals surface area (Å²) in [5.41, 5.74) is 30.3. The average Bonchev–Trinajstić information content (AvgIpc) is 1.66. The molecule has 8 amide bonds. The Morgan fingerprint density at radius 2 is 0.529 bits per heavy atom. The molecule has 4 atom stereocenters. The van der Waals surface area contributed by atoms with Crippen molar-refractivity contribution in [2.24, 2.45) is 46.6 Å². The molecule has 0 spiro atoms. The first kappa shape index (κ1) is 105. The number of primary amides is 4. The van der Waals surface area contributed by atoms with E-state index in [2.05, 4.69) is 41.7 Å². The minimum absolute atomic E-state index is 0.0156. The van der Waals surface area contributed by atoms with Crippen molar-refractivity contribution < 1.29 is 85.0 Å². The van der Waals surface area contributed by atoms with Crippen LogP contribution in [0, 0.1) is 42.2 Å². The predicted octanol–water partition coefficient (Wildman–Crippen LogP) is 15.5. The van der Waals surface area contributed by atoms with E-state index < -0.39 is 71.1 Å². The van der Waals surface area contributed by atoms with Crippen LogP contribution in [0.1, 0.15) is 154 Å². The summed E-state index contributed by atoms with van der Waals surface area (Å²) in [6.45, 7) is 18.1. The van der Waals surface area contributed by atoms with Crippen molar-refractivity contribution in [3.8, 4) is 114 Å². The molecule has 32 nitrogen and oxygen atoms in total. The molecule has 720 valence electrons. The van der Waals surface area contributed by atoms with E-state index in [0.29, 0.717) is 139 Å². The van der Waals surface area contributed by atoms with Gasteiger partial charge in [-0.15, -0.1) is 0 Å². The van der Waals surface area contributed by atoms with E-state index in [-0.39, 0.29) is 84.1 Å². The lowest BCUT2D eigenvalue weighted by atomic mass is 10.0. The number of carbonyl (C=O) groups is 8. The highest BCUT2D eigenvalue weighted by molar-refractivity contribution is 6.30. The van der Waals surface area contributed by atoms with Crippen LogP contribution in [0.15, 0.2) is 194 Å². The number of hydrogen-bond acceptors (Lipinski definition) is 20. The predicted molar refractivity (Wildman–Crippen MR) is 516 cm³/mol. The number of halogens is 3. The van der Waals surface area contributed by atoms with Gasteiger partial charge in [0.2, 0.25) is 23.6 Å². The van der Waals surface area contributed by atoms with Crippen molar-refractivity contribution in [1.29, 1.82) is 0 Å². The fourth-order valence-electron chi connectivity index (χ4n) is 15.4. The maximum absolute atomic E-state index is 14.0. The first-order chi connectivity index (χ1) is 64.9. The second-order valence-electron chi connectivity index (χ2n) is 33.6. The van der Waals surface area contributed by atoms with Gasteiger partial charge in [-0.1, -0.05) is 115 Å². The monoisotopic (exact) mass is 1880 g/mol. The first-order valence-electron chi connectivity index (χ1n) is 43.9. The highest BCUT2D eigenvalue weighted by Crippen LogP contribution is 2.45. The van der Waals surface area contributed by atoms with Gasteiger partial charge in [0, 0.05) is 54.9 Å². The van der Waals surface area contributed by atoms with Gasteiger partial charge in [-0.05, 0) is 208 Å². The van der Waals surface area contributed by atoms with Gasteiger partial charge < -0.3 is 82.1 Å². The second-order valence-corrected chi connectivity index (χ2v) is 34.0. The number of amides is 8. The third kappa shape index (κ3) is 28.5. The number of nitrogens with two attached hydrogens (primary N) is 4. The zero-order valence-electron chi connectivity index (χ0n) is 79.3. The second kappa shape index (κ2) is 49.6. The Morgan fingerprint density at radius 1 is 0.309 bits per heavy atom. The van der Waals surface area contributed by atoms with Gasteiger partial charge in [0.25, 0.3) is 23.6 Å². The molecule has 8 aromatic carbocycles. The van der Waals surface area contributed by atoms with Crippen molar-refractivity contribution in [3.63, 3.8) is 0 Å². The fraction of sp³-hybridized carbons (Fsp3) is 0.327. The van der Waals surface area contributed by atoms with E-state index in [1.54, 1.807) is 147 Å². The number of aryl methyl sites for hydroxylation is 1. The lowest BCUT2D eigenvalue weighted by Gasteiger charge is -2.18. The third-order valence-electron chi connectivity index (χ3n) is 21.1. The molecule has 4 heterocycles. The lowest BCUT2D eigenvalue weighted by Crippen LogP contribution is -2.39. The van der Waals surface area contributed by atoms with Crippen molar-refractivity contribution >= 4 is 58.9 Å². The van der Waals surface area contributed by atoms with E-state index in [4.69, 9.17) is 72.4 Å². The number of hydrogen-bond donors (Lipinski definition) is 8. The number of carbonyl (C=O) groups excluding carboxylic acids is 8. The van der Waals surface area contributed by atoms with Crippen LogP contribution >= 0.6 is 11.6 Å². The topological polar surface area (TPSA) is 434 Å². The van der Waals surface area contributed by atoms with Gasteiger partial charge >= 0.3 is 0 Å².